The standard InChI is InChI=1S/C6H7ClF3N3/c7-5-4(11)3-12-13(5)2-1-6(8,9)10/h3H,1-2,11H2. The fourth-order valence-electron chi connectivity index (χ4n) is 0.773. The Morgan fingerprint density at radius 3 is 2.54 bits per heavy atom. The van der Waals surface area contributed by atoms with Crippen LogP contribution in [0.4, 0.5) is 18.9 Å². The van der Waals surface area contributed by atoms with Crippen molar-refractivity contribution in [1.29, 1.82) is 0 Å². The molecule has 1 aromatic rings. The van der Waals surface area contributed by atoms with Gasteiger partial charge < -0.3 is 5.73 Å². The van der Waals surface area contributed by atoms with Crippen LogP contribution in [0.3, 0.4) is 0 Å². The molecule has 0 fully saturated rings. The minimum absolute atomic E-state index is 0.0456. The summed E-state index contributed by atoms with van der Waals surface area (Å²) in [7, 11) is 0. The van der Waals surface area contributed by atoms with Gasteiger partial charge in [-0.1, -0.05) is 11.6 Å². The Balaban J connectivity index is 2.60. The van der Waals surface area contributed by atoms with E-state index in [1.54, 1.807) is 0 Å². The first-order chi connectivity index (χ1) is 5.90. The van der Waals surface area contributed by atoms with Gasteiger partial charge in [-0.25, -0.2) is 0 Å². The number of nitrogens with two attached hydrogens (primary N) is 1. The number of aromatic nitrogens is 2. The normalized spacial score (nSPS) is 12.0. The number of halogens is 4. The molecule has 0 aliphatic rings. The summed E-state index contributed by atoms with van der Waals surface area (Å²) in [6.07, 6.45) is -3.95. The van der Waals surface area contributed by atoms with Crippen LogP contribution in [0.2, 0.25) is 5.15 Å². The van der Waals surface area contributed by atoms with E-state index in [0.717, 1.165) is 4.68 Å². The smallest absolute Gasteiger partial charge is 0.390 e. The Kier molecular flexibility index (Phi) is 2.70. The quantitative estimate of drug-likeness (QED) is 0.817. The topological polar surface area (TPSA) is 43.8 Å². The van der Waals surface area contributed by atoms with Gasteiger partial charge in [-0.15, -0.1) is 0 Å². The molecule has 1 heterocycles. The molecule has 1 aromatic heterocycles. The SMILES string of the molecule is Nc1cnn(CCC(F)(F)F)c1Cl. The number of rotatable bonds is 2. The Hall–Kier alpha value is -0.910. The molecule has 0 atom stereocenters. The van der Waals surface area contributed by atoms with Crippen LogP contribution < -0.4 is 5.73 Å². The van der Waals surface area contributed by atoms with E-state index in [1.165, 1.54) is 6.20 Å². The van der Waals surface area contributed by atoms with Gasteiger partial charge >= 0.3 is 6.18 Å². The van der Waals surface area contributed by atoms with Gasteiger partial charge in [0.15, 0.2) is 0 Å². The maximum Gasteiger partial charge on any atom is 0.390 e. The highest BCUT2D eigenvalue weighted by atomic mass is 35.5. The van der Waals surface area contributed by atoms with Crippen molar-refractivity contribution >= 4 is 17.3 Å². The number of nitrogens with zero attached hydrogens (tertiary/aromatic N) is 2. The van der Waals surface area contributed by atoms with Gasteiger partial charge in [-0.05, 0) is 0 Å². The largest absolute Gasteiger partial charge is 0.395 e. The maximum atomic E-state index is 11.8. The van der Waals surface area contributed by atoms with Crippen molar-refractivity contribution in [1.82, 2.24) is 9.78 Å². The summed E-state index contributed by atoms with van der Waals surface area (Å²) in [6.45, 7) is -0.306. The second-order valence-corrected chi connectivity index (χ2v) is 2.84. The average molecular weight is 214 g/mol. The van der Waals surface area contributed by atoms with Gasteiger partial charge in [0, 0.05) is 0 Å². The zero-order valence-corrected chi connectivity index (χ0v) is 7.23. The lowest BCUT2D eigenvalue weighted by molar-refractivity contribution is -0.137. The molecule has 7 heteroatoms. The van der Waals surface area contributed by atoms with Crippen LogP contribution in [0, 0.1) is 0 Å². The molecular weight excluding hydrogens is 207 g/mol. The minimum Gasteiger partial charge on any atom is -0.395 e. The average Bonchev–Trinajstić information content (AvgIpc) is 2.29. The van der Waals surface area contributed by atoms with Crippen LogP contribution in [0.25, 0.3) is 0 Å². The van der Waals surface area contributed by atoms with E-state index < -0.39 is 12.6 Å². The summed E-state index contributed by atoms with van der Waals surface area (Å²) in [5.41, 5.74) is 5.47. The first-order valence-electron chi connectivity index (χ1n) is 3.43. The van der Waals surface area contributed by atoms with E-state index in [-0.39, 0.29) is 17.4 Å². The van der Waals surface area contributed by atoms with Gasteiger partial charge in [0.25, 0.3) is 0 Å². The van der Waals surface area contributed by atoms with Crippen LogP contribution in [-0.2, 0) is 6.54 Å². The molecule has 0 amide bonds. The van der Waals surface area contributed by atoms with Crippen LogP contribution in [-0.4, -0.2) is 16.0 Å². The van der Waals surface area contributed by atoms with E-state index in [4.69, 9.17) is 17.3 Å². The Morgan fingerprint density at radius 1 is 1.54 bits per heavy atom. The van der Waals surface area contributed by atoms with Crippen molar-refractivity contribution in [2.24, 2.45) is 0 Å². The summed E-state index contributed by atoms with van der Waals surface area (Å²) >= 11 is 5.55. The third-order valence-corrected chi connectivity index (χ3v) is 1.82. The molecule has 0 unspecified atom stereocenters. The summed E-state index contributed by atoms with van der Waals surface area (Å²) in [5.74, 6) is 0. The van der Waals surface area contributed by atoms with Crippen molar-refractivity contribution in [3.63, 3.8) is 0 Å². The Bertz CT molecular complexity index is 294. The summed E-state index contributed by atoms with van der Waals surface area (Å²) in [5, 5.41) is 3.62. The molecule has 3 nitrogen and oxygen atoms in total. The van der Waals surface area contributed by atoms with Crippen molar-refractivity contribution in [2.75, 3.05) is 5.73 Å². The molecule has 0 radical (unpaired) electrons. The minimum atomic E-state index is -4.20. The highest BCUT2D eigenvalue weighted by Gasteiger charge is 2.27. The predicted octanol–water partition coefficient (Wildman–Crippen LogP) is 2.07. The lowest BCUT2D eigenvalue weighted by atomic mass is 10.4. The maximum absolute atomic E-state index is 11.8. The van der Waals surface area contributed by atoms with Gasteiger partial charge in [0.1, 0.15) is 5.15 Å². The number of aryl methyl sites for hydroxylation is 1. The Labute approximate surface area is 77.3 Å². The number of hydrogen-bond acceptors (Lipinski definition) is 2. The van der Waals surface area contributed by atoms with Crippen LogP contribution in [0.15, 0.2) is 6.20 Å². The van der Waals surface area contributed by atoms with E-state index in [9.17, 15) is 13.2 Å². The third kappa shape index (κ3) is 2.80. The summed E-state index contributed by atoms with van der Waals surface area (Å²) in [4.78, 5) is 0. The number of hydrogen-bond donors (Lipinski definition) is 1. The predicted molar refractivity (Wildman–Crippen MR) is 42.3 cm³/mol. The molecule has 74 valence electrons. The van der Waals surface area contributed by atoms with E-state index >= 15 is 0 Å². The number of nitrogen functional groups attached to an aromatic ring is 1. The lowest BCUT2D eigenvalue weighted by Crippen LogP contribution is -2.13. The zero-order valence-electron chi connectivity index (χ0n) is 6.48. The van der Waals surface area contributed by atoms with Gasteiger partial charge in [0.2, 0.25) is 0 Å². The van der Waals surface area contributed by atoms with Crippen molar-refractivity contribution in [3.05, 3.63) is 11.3 Å². The summed E-state index contributed by atoms with van der Waals surface area (Å²) in [6, 6.07) is 0. The third-order valence-electron chi connectivity index (χ3n) is 1.41. The number of anilines is 1. The Morgan fingerprint density at radius 2 is 2.15 bits per heavy atom. The van der Waals surface area contributed by atoms with Gasteiger partial charge in [0.05, 0.1) is 24.8 Å². The molecule has 0 spiro atoms. The van der Waals surface area contributed by atoms with Gasteiger partial charge in [-0.2, -0.15) is 18.3 Å². The van der Waals surface area contributed by atoms with Crippen molar-refractivity contribution in [3.8, 4) is 0 Å². The van der Waals surface area contributed by atoms with E-state index in [2.05, 4.69) is 5.10 Å². The van der Waals surface area contributed by atoms with Crippen LogP contribution >= 0.6 is 11.6 Å². The zero-order chi connectivity index (χ0) is 10.1. The first-order valence-corrected chi connectivity index (χ1v) is 3.81. The molecular formula is C6H7ClF3N3. The molecule has 0 saturated heterocycles. The second-order valence-electron chi connectivity index (χ2n) is 2.48. The molecule has 2 N–H and O–H groups in total. The molecule has 0 aromatic carbocycles. The molecule has 13 heavy (non-hydrogen) atoms. The molecule has 0 aliphatic carbocycles. The van der Waals surface area contributed by atoms with Crippen molar-refractivity contribution in [2.45, 2.75) is 19.1 Å². The highest BCUT2D eigenvalue weighted by molar-refractivity contribution is 6.31. The fraction of sp³-hybridized carbons (Fsp3) is 0.500. The lowest BCUT2D eigenvalue weighted by Gasteiger charge is -2.06. The summed E-state index contributed by atoms with van der Waals surface area (Å²) < 4.78 is 36.3. The van der Waals surface area contributed by atoms with Crippen molar-refractivity contribution < 1.29 is 13.2 Å². The highest BCUT2D eigenvalue weighted by Crippen LogP contribution is 2.23. The van der Waals surface area contributed by atoms with E-state index in [1.807, 2.05) is 0 Å². The van der Waals surface area contributed by atoms with E-state index in [0.29, 0.717) is 0 Å². The monoisotopic (exact) mass is 213 g/mol. The molecule has 0 aliphatic heterocycles. The molecule has 0 bridgehead atoms. The first kappa shape index (κ1) is 10.2. The fourth-order valence-corrected chi connectivity index (χ4v) is 0.950. The molecule has 0 saturated carbocycles. The second kappa shape index (κ2) is 3.45. The van der Waals surface area contributed by atoms with Crippen LogP contribution in [0.1, 0.15) is 6.42 Å². The van der Waals surface area contributed by atoms with Crippen LogP contribution in [0.5, 0.6) is 0 Å². The van der Waals surface area contributed by atoms with Gasteiger partial charge in [-0.3, -0.25) is 4.68 Å². The number of alkyl halides is 3. The molecule has 1 rings (SSSR count).